The molecular weight excluding hydrogens is 412 g/mol. The van der Waals surface area contributed by atoms with Crippen molar-refractivity contribution in [1.82, 2.24) is 5.32 Å². The minimum atomic E-state index is -0.898. The lowest BCUT2D eigenvalue weighted by Crippen LogP contribution is -2.36. The van der Waals surface area contributed by atoms with Gasteiger partial charge in [-0.3, -0.25) is 14.4 Å². The predicted molar refractivity (Wildman–Crippen MR) is 121 cm³/mol. The first-order valence-corrected chi connectivity index (χ1v) is 12.5. The maximum atomic E-state index is 13.1. The molecule has 0 spiro atoms. The zero-order chi connectivity index (χ0) is 22.3. The normalized spacial score (nSPS) is 26.1. The Morgan fingerprint density at radius 1 is 1.00 bits per heavy atom. The molecule has 1 heterocycles. The van der Waals surface area contributed by atoms with Gasteiger partial charge in [-0.25, -0.2) is 0 Å². The third-order valence-corrected chi connectivity index (χ3v) is 8.46. The molecule has 0 aliphatic heterocycles. The van der Waals surface area contributed by atoms with Gasteiger partial charge in [0.05, 0.1) is 17.4 Å². The fourth-order valence-electron chi connectivity index (χ4n) is 5.08. The quantitative estimate of drug-likeness (QED) is 0.615. The summed E-state index contributed by atoms with van der Waals surface area (Å²) in [6.45, 7) is 6.78. The van der Waals surface area contributed by atoms with Crippen molar-refractivity contribution in [2.45, 2.75) is 84.6 Å². The molecule has 4 rings (SSSR count). The van der Waals surface area contributed by atoms with Gasteiger partial charge in [0, 0.05) is 10.9 Å². The van der Waals surface area contributed by atoms with Crippen LogP contribution in [0.4, 0.5) is 5.00 Å². The highest BCUT2D eigenvalue weighted by molar-refractivity contribution is 7.17. The van der Waals surface area contributed by atoms with Crippen LogP contribution in [-0.4, -0.2) is 28.9 Å². The van der Waals surface area contributed by atoms with Crippen LogP contribution in [0.25, 0.3) is 0 Å². The summed E-state index contributed by atoms with van der Waals surface area (Å²) in [4.78, 5) is 39.1. The molecule has 0 radical (unpaired) electrons. The Hall–Kier alpha value is -1.89. The predicted octanol–water partition coefficient (Wildman–Crippen LogP) is 4.62. The molecule has 0 unspecified atom stereocenters. The summed E-state index contributed by atoms with van der Waals surface area (Å²) in [6.07, 6.45) is 7.65. The second-order valence-corrected chi connectivity index (χ2v) is 11.7. The fraction of sp³-hybridized carbons (Fsp3) is 0.708. The number of thiophene rings is 1. The molecule has 6 nitrogen and oxygen atoms in total. The van der Waals surface area contributed by atoms with E-state index in [0.717, 1.165) is 50.5 Å². The molecular formula is C24H34N2O4S. The zero-order valence-corrected chi connectivity index (χ0v) is 19.6. The highest BCUT2D eigenvalue weighted by Crippen LogP contribution is 2.45. The van der Waals surface area contributed by atoms with Crippen molar-refractivity contribution in [3.8, 4) is 0 Å². The molecule has 7 heteroatoms. The minimum absolute atomic E-state index is 0.0945. The van der Waals surface area contributed by atoms with Crippen molar-refractivity contribution < 1.29 is 19.5 Å². The standard InChI is InChI=1S/C24H34N2O4S/c1-24(2,3)13-8-11-17-18(12-13)31-22(19(17)21(28)25-14-9-10-14)26-20(27)15-6-4-5-7-16(15)23(29)30/h13-16H,4-12H2,1-3H3,(H,25,28)(H,26,27)(H,29,30)/t13-,15-,16+/m1/s1. The molecule has 0 bridgehead atoms. The SMILES string of the molecule is CC(C)(C)[C@@H]1CCc2c(sc(NC(=O)[C@@H]3CCCC[C@@H]3C(=O)O)c2C(=O)NC2CC2)C1. The lowest BCUT2D eigenvalue weighted by molar-refractivity contribution is -0.147. The van der Waals surface area contributed by atoms with E-state index < -0.39 is 17.8 Å². The van der Waals surface area contributed by atoms with Crippen molar-refractivity contribution in [3.63, 3.8) is 0 Å². The first-order chi connectivity index (χ1) is 14.6. The number of carbonyl (C=O) groups excluding carboxylic acids is 2. The Kier molecular flexibility index (Phi) is 6.16. The van der Waals surface area contributed by atoms with Gasteiger partial charge in [0.2, 0.25) is 5.91 Å². The summed E-state index contributed by atoms with van der Waals surface area (Å²) in [5.41, 5.74) is 1.89. The highest BCUT2D eigenvalue weighted by Gasteiger charge is 2.38. The van der Waals surface area contributed by atoms with Crippen molar-refractivity contribution >= 4 is 34.1 Å². The summed E-state index contributed by atoms with van der Waals surface area (Å²) >= 11 is 1.52. The van der Waals surface area contributed by atoms with E-state index in [2.05, 4.69) is 31.4 Å². The van der Waals surface area contributed by atoms with Gasteiger partial charge in [0.15, 0.2) is 0 Å². The van der Waals surface area contributed by atoms with Crippen LogP contribution < -0.4 is 10.6 Å². The van der Waals surface area contributed by atoms with Gasteiger partial charge < -0.3 is 15.7 Å². The molecule has 1 aromatic rings. The first kappa shape index (κ1) is 22.3. The summed E-state index contributed by atoms with van der Waals surface area (Å²) < 4.78 is 0. The summed E-state index contributed by atoms with van der Waals surface area (Å²) in [5, 5.41) is 16.3. The Bertz CT molecular complexity index is 881. The molecule has 3 N–H and O–H groups in total. The molecule has 2 fully saturated rings. The van der Waals surface area contributed by atoms with E-state index in [4.69, 9.17) is 0 Å². The smallest absolute Gasteiger partial charge is 0.307 e. The largest absolute Gasteiger partial charge is 0.481 e. The number of aliphatic carboxylic acids is 1. The molecule has 2 amide bonds. The zero-order valence-electron chi connectivity index (χ0n) is 18.8. The third kappa shape index (κ3) is 4.81. The molecule has 1 aromatic heterocycles. The monoisotopic (exact) mass is 446 g/mol. The lowest BCUT2D eigenvalue weighted by Gasteiger charge is -2.33. The van der Waals surface area contributed by atoms with E-state index in [1.54, 1.807) is 0 Å². The van der Waals surface area contributed by atoms with E-state index in [-0.39, 0.29) is 23.3 Å². The first-order valence-electron chi connectivity index (χ1n) is 11.6. The van der Waals surface area contributed by atoms with Crippen LogP contribution in [0.3, 0.4) is 0 Å². The molecule has 2 saturated carbocycles. The summed E-state index contributed by atoms with van der Waals surface area (Å²) in [5.74, 6) is -1.88. The number of hydrogen-bond acceptors (Lipinski definition) is 4. The lowest BCUT2D eigenvalue weighted by atomic mass is 9.72. The van der Waals surface area contributed by atoms with Crippen LogP contribution >= 0.6 is 11.3 Å². The second kappa shape index (κ2) is 8.57. The molecule has 0 aromatic carbocycles. The van der Waals surface area contributed by atoms with Gasteiger partial charge in [-0.2, -0.15) is 0 Å². The Balaban J connectivity index is 1.61. The molecule has 3 atom stereocenters. The van der Waals surface area contributed by atoms with Gasteiger partial charge in [0.1, 0.15) is 5.00 Å². The van der Waals surface area contributed by atoms with Crippen LogP contribution in [0, 0.1) is 23.2 Å². The van der Waals surface area contributed by atoms with Crippen LogP contribution in [0.2, 0.25) is 0 Å². The van der Waals surface area contributed by atoms with Gasteiger partial charge in [-0.15, -0.1) is 11.3 Å². The minimum Gasteiger partial charge on any atom is -0.481 e. The number of carboxylic acid groups (broad SMARTS) is 1. The topological polar surface area (TPSA) is 95.5 Å². The number of anilines is 1. The molecule has 31 heavy (non-hydrogen) atoms. The van der Waals surface area contributed by atoms with E-state index in [0.29, 0.717) is 29.3 Å². The average Bonchev–Trinajstić information content (AvgIpc) is 3.44. The van der Waals surface area contributed by atoms with Crippen LogP contribution in [0.15, 0.2) is 0 Å². The molecule has 3 aliphatic carbocycles. The molecule has 170 valence electrons. The van der Waals surface area contributed by atoms with E-state index in [1.807, 2.05) is 0 Å². The van der Waals surface area contributed by atoms with Gasteiger partial charge >= 0.3 is 5.97 Å². The highest BCUT2D eigenvalue weighted by atomic mass is 32.1. The third-order valence-electron chi connectivity index (χ3n) is 7.29. The summed E-state index contributed by atoms with van der Waals surface area (Å²) in [6, 6.07) is 0.243. The summed E-state index contributed by atoms with van der Waals surface area (Å²) in [7, 11) is 0. The Morgan fingerprint density at radius 2 is 1.68 bits per heavy atom. The number of hydrogen-bond donors (Lipinski definition) is 3. The number of amides is 2. The number of rotatable bonds is 5. The van der Waals surface area contributed by atoms with Crippen molar-refractivity contribution in [3.05, 3.63) is 16.0 Å². The maximum Gasteiger partial charge on any atom is 0.307 e. The van der Waals surface area contributed by atoms with Gasteiger partial charge in [0.25, 0.3) is 5.91 Å². The number of carboxylic acids is 1. The Morgan fingerprint density at radius 3 is 2.29 bits per heavy atom. The average molecular weight is 447 g/mol. The van der Waals surface area contributed by atoms with E-state index >= 15 is 0 Å². The molecule has 0 saturated heterocycles. The number of carbonyl (C=O) groups is 3. The van der Waals surface area contributed by atoms with Crippen LogP contribution in [-0.2, 0) is 22.4 Å². The fourth-order valence-corrected chi connectivity index (χ4v) is 6.41. The second-order valence-electron chi connectivity index (χ2n) is 10.6. The van der Waals surface area contributed by atoms with Crippen molar-refractivity contribution in [1.29, 1.82) is 0 Å². The number of fused-ring (bicyclic) bond motifs is 1. The van der Waals surface area contributed by atoms with Crippen molar-refractivity contribution in [2.24, 2.45) is 23.2 Å². The molecule has 3 aliphatic rings. The van der Waals surface area contributed by atoms with Gasteiger partial charge in [-0.1, -0.05) is 33.6 Å². The van der Waals surface area contributed by atoms with Gasteiger partial charge in [-0.05, 0) is 61.8 Å². The van der Waals surface area contributed by atoms with E-state index in [9.17, 15) is 19.5 Å². The van der Waals surface area contributed by atoms with E-state index in [1.165, 1.54) is 16.2 Å². The maximum absolute atomic E-state index is 13.1. The van der Waals surface area contributed by atoms with Crippen LogP contribution in [0.1, 0.15) is 86.5 Å². The Labute approximate surface area is 188 Å². The van der Waals surface area contributed by atoms with Crippen LogP contribution in [0.5, 0.6) is 0 Å². The van der Waals surface area contributed by atoms with Crippen molar-refractivity contribution in [2.75, 3.05) is 5.32 Å². The number of nitrogens with one attached hydrogen (secondary N) is 2.